The van der Waals surface area contributed by atoms with Gasteiger partial charge in [-0.15, -0.1) is 23.7 Å². The molecular formula is C10H15ClF3N3OS. The van der Waals surface area contributed by atoms with E-state index in [1.807, 2.05) is 0 Å². The number of thiazole rings is 1. The molecule has 0 saturated carbocycles. The van der Waals surface area contributed by atoms with Crippen molar-refractivity contribution in [3.8, 4) is 0 Å². The summed E-state index contributed by atoms with van der Waals surface area (Å²) in [5.41, 5.74) is 3.65. The summed E-state index contributed by atoms with van der Waals surface area (Å²) in [7, 11) is 0. The summed E-state index contributed by atoms with van der Waals surface area (Å²) in [6.07, 6.45) is -4.17. The lowest BCUT2D eigenvalue weighted by molar-refractivity contribution is -0.140. The molecule has 0 atom stereocenters. The van der Waals surface area contributed by atoms with Crippen LogP contribution in [0.15, 0.2) is 5.38 Å². The fraction of sp³-hybridized carbons (Fsp3) is 0.600. The number of hydrogen-bond acceptors (Lipinski definition) is 4. The summed E-state index contributed by atoms with van der Waals surface area (Å²) in [4.78, 5) is 14.8. The molecule has 1 rings (SSSR count). The number of hydrogen-bond donors (Lipinski definition) is 2. The van der Waals surface area contributed by atoms with Crippen molar-refractivity contribution >= 4 is 29.7 Å². The average Bonchev–Trinajstić information content (AvgIpc) is 2.64. The van der Waals surface area contributed by atoms with Gasteiger partial charge in [-0.25, -0.2) is 4.98 Å². The van der Waals surface area contributed by atoms with Crippen LogP contribution in [0, 0.1) is 0 Å². The topological polar surface area (TPSA) is 68.0 Å². The molecule has 3 N–H and O–H groups in total. The number of alkyl halides is 3. The lowest BCUT2D eigenvalue weighted by Gasteiger charge is -2.17. The summed E-state index contributed by atoms with van der Waals surface area (Å²) in [6.45, 7) is 3.31. The largest absolute Gasteiger partial charge is 0.434 e. The number of rotatable bonds is 4. The highest BCUT2D eigenvalue weighted by atomic mass is 35.5. The van der Waals surface area contributed by atoms with Crippen LogP contribution in [-0.2, 0) is 17.4 Å². The van der Waals surface area contributed by atoms with Crippen molar-refractivity contribution < 1.29 is 18.0 Å². The maximum Gasteiger partial charge on any atom is 0.434 e. The van der Waals surface area contributed by atoms with E-state index in [9.17, 15) is 18.0 Å². The lowest BCUT2D eigenvalue weighted by atomic mass is 10.1. The van der Waals surface area contributed by atoms with Crippen LogP contribution in [0.3, 0.4) is 0 Å². The summed E-state index contributed by atoms with van der Waals surface area (Å²) >= 11 is 0.922. The second-order valence-electron chi connectivity index (χ2n) is 4.35. The molecule has 1 aromatic rings. The molecule has 0 aromatic carbocycles. The van der Waals surface area contributed by atoms with Crippen molar-refractivity contribution in [1.82, 2.24) is 10.3 Å². The minimum Gasteiger partial charge on any atom is -0.354 e. The van der Waals surface area contributed by atoms with Gasteiger partial charge in [0.25, 0.3) is 0 Å². The number of aromatic nitrogens is 1. The van der Waals surface area contributed by atoms with Gasteiger partial charge in [-0.05, 0) is 13.8 Å². The second-order valence-corrected chi connectivity index (χ2v) is 5.29. The van der Waals surface area contributed by atoms with Crippen molar-refractivity contribution in [2.75, 3.05) is 6.54 Å². The zero-order valence-corrected chi connectivity index (χ0v) is 12.0. The lowest BCUT2D eigenvalue weighted by Crippen LogP contribution is -2.49. The highest BCUT2D eigenvalue weighted by molar-refractivity contribution is 7.09. The van der Waals surface area contributed by atoms with Gasteiger partial charge in [-0.2, -0.15) is 13.2 Å². The molecule has 0 radical (unpaired) electrons. The molecule has 1 aromatic heterocycles. The maximum atomic E-state index is 12.3. The Labute approximate surface area is 119 Å². The van der Waals surface area contributed by atoms with E-state index in [1.165, 1.54) is 0 Å². The number of carbonyl (C=O) groups excluding carboxylic acids is 1. The minimum atomic E-state index is -4.42. The highest BCUT2D eigenvalue weighted by Crippen LogP contribution is 2.29. The van der Waals surface area contributed by atoms with Crippen LogP contribution >= 0.6 is 23.7 Å². The zero-order chi connectivity index (χ0) is 14.0. The number of amides is 1. The molecule has 1 heterocycles. The van der Waals surface area contributed by atoms with Gasteiger partial charge in [-0.1, -0.05) is 0 Å². The van der Waals surface area contributed by atoms with Crippen LogP contribution in [-0.4, -0.2) is 23.0 Å². The van der Waals surface area contributed by atoms with Crippen LogP contribution in [0.1, 0.15) is 24.5 Å². The molecule has 0 spiro atoms. The Bertz CT molecular complexity index is 428. The van der Waals surface area contributed by atoms with E-state index in [2.05, 4.69) is 10.3 Å². The van der Waals surface area contributed by atoms with Crippen molar-refractivity contribution in [2.24, 2.45) is 5.73 Å². The molecule has 19 heavy (non-hydrogen) atoms. The SMILES string of the molecule is CC(C)(N)C(=O)NCCc1nc(C(F)(F)F)cs1.Cl. The van der Waals surface area contributed by atoms with Gasteiger partial charge >= 0.3 is 6.18 Å². The third-order valence-electron chi connectivity index (χ3n) is 2.05. The van der Waals surface area contributed by atoms with Crippen LogP contribution < -0.4 is 11.1 Å². The first-order valence-corrected chi connectivity index (χ1v) is 6.07. The van der Waals surface area contributed by atoms with Gasteiger partial charge in [-0.3, -0.25) is 4.79 Å². The third-order valence-corrected chi connectivity index (χ3v) is 2.96. The van der Waals surface area contributed by atoms with Crippen LogP contribution in [0.5, 0.6) is 0 Å². The highest BCUT2D eigenvalue weighted by Gasteiger charge is 2.33. The first-order chi connectivity index (χ1) is 8.10. The Balaban J connectivity index is 0.00000324. The fourth-order valence-electron chi connectivity index (χ4n) is 1.07. The molecule has 9 heteroatoms. The van der Waals surface area contributed by atoms with E-state index in [-0.39, 0.29) is 31.3 Å². The van der Waals surface area contributed by atoms with Crippen LogP contribution in [0.4, 0.5) is 13.2 Å². The average molecular weight is 318 g/mol. The first-order valence-electron chi connectivity index (χ1n) is 5.19. The molecule has 1 amide bonds. The van der Waals surface area contributed by atoms with Crippen molar-refractivity contribution in [3.63, 3.8) is 0 Å². The molecule has 4 nitrogen and oxygen atoms in total. The molecule has 0 aliphatic rings. The first kappa shape index (κ1) is 18.1. The summed E-state index contributed by atoms with van der Waals surface area (Å²) in [5, 5.41) is 3.83. The predicted octanol–water partition coefficient (Wildman–Crippen LogP) is 1.98. The molecule has 0 fully saturated rings. The van der Waals surface area contributed by atoms with Gasteiger partial charge in [0.05, 0.1) is 10.5 Å². The summed E-state index contributed by atoms with van der Waals surface area (Å²) < 4.78 is 36.8. The van der Waals surface area contributed by atoms with Crippen LogP contribution in [0.2, 0.25) is 0 Å². The Morgan fingerprint density at radius 1 is 1.47 bits per heavy atom. The molecule has 0 aliphatic heterocycles. The maximum absolute atomic E-state index is 12.3. The zero-order valence-electron chi connectivity index (χ0n) is 10.4. The van der Waals surface area contributed by atoms with Gasteiger partial charge in [0.2, 0.25) is 5.91 Å². The number of nitrogens with zero attached hydrogens (tertiary/aromatic N) is 1. The fourth-order valence-corrected chi connectivity index (χ4v) is 1.87. The smallest absolute Gasteiger partial charge is 0.354 e. The molecular weight excluding hydrogens is 303 g/mol. The Kier molecular flexibility index (Phi) is 6.24. The normalized spacial score (nSPS) is 11.9. The van der Waals surface area contributed by atoms with E-state index >= 15 is 0 Å². The molecule has 110 valence electrons. The minimum absolute atomic E-state index is 0. The number of nitrogens with two attached hydrogens (primary N) is 1. The van der Waals surface area contributed by atoms with Gasteiger partial charge in [0.1, 0.15) is 0 Å². The molecule has 0 bridgehead atoms. The third kappa shape index (κ3) is 5.75. The summed E-state index contributed by atoms with van der Waals surface area (Å²) in [6, 6.07) is 0. The predicted molar refractivity (Wildman–Crippen MR) is 69.3 cm³/mol. The van der Waals surface area contributed by atoms with E-state index in [0.29, 0.717) is 5.01 Å². The molecule has 0 saturated heterocycles. The molecule has 0 aliphatic carbocycles. The van der Waals surface area contributed by atoms with E-state index in [4.69, 9.17) is 5.73 Å². The van der Waals surface area contributed by atoms with E-state index in [1.54, 1.807) is 13.8 Å². The summed E-state index contributed by atoms with van der Waals surface area (Å²) in [5.74, 6) is -0.352. The quantitative estimate of drug-likeness (QED) is 0.892. The molecule has 0 unspecified atom stereocenters. The van der Waals surface area contributed by atoms with Crippen molar-refractivity contribution in [3.05, 3.63) is 16.1 Å². The number of carbonyl (C=O) groups is 1. The van der Waals surface area contributed by atoms with E-state index < -0.39 is 17.4 Å². The Morgan fingerprint density at radius 2 is 2.05 bits per heavy atom. The van der Waals surface area contributed by atoms with E-state index in [0.717, 1.165) is 16.7 Å². The Morgan fingerprint density at radius 3 is 2.47 bits per heavy atom. The number of nitrogens with one attached hydrogen (secondary N) is 1. The van der Waals surface area contributed by atoms with Crippen LogP contribution in [0.25, 0.3) is 0 Å². The van der Waals surface area contributed by atoms with Gasteiger partial charge in [0, 0.05) is 18.3 Å². The monoisotopic (exact) mass is 317 g/mol. The van der Waals surface area contributed by atoms with Crippen molar-refractivity contribution in [1.29, 1.82) is 0 Å². The van der Waals surface area contributed by atoms with Crippen molar-refractivity contribution in [2.45, 2.75) is 32.0 Å². The van der Waals surface area contributed by atoms with Gasteiger partial charge in [0.15, 0.2) is 5.69 Å². The second kappa shape index (κ2) is 6.53. The standard InChI is InChI=1S/C10H14F3N3OS.ClH/c1-9(2,14)8(17)15-4-3-7-16-6(5-18-7)10(11,12)13;/h5H,3-4,14H2,1-2H3,(H,15,17);1H. The van der Waals surface area contributed by atoms with Gasteiger partial charge < -0.3 is 11.1 Å². The Hall–Kier alpha value is -0.860. The number of halogens is 4.